The second kappa shape index (κ2) is 9.59. The molecular weight excluding hydrogens is 470 g/mol. The summed E-state index contributed by atoms with van der Waals surface area (Å²) in [7, 11) is -3.75. The van der Waals surface area contributed by atoms with E-state index in [4.69, 9.17) is 4.74 Å². The molecule has 1 saturated heterocycles. The Morgan fingerprint density at radius 3 is 2.27 bits per heavy atom. The summed E-state index contributed by atoms with van der Waals surface area (Å²) in [6.07, 6.45) is 0.859. The summed E-state index contributed by atoms with van der Waals surface area (Å²) in [5, 5.41) is 2.57. The van der Waals surface area contributed by atoms with E-state index in [9.17, 15) is 26.4 Å². The van der Waals surface area contributed by atoms with Gasteiger partial charge in [0.25, 0.3) is 5.91 Å². The van der Waals surface area contributed by atoms with Crippen LogP contribution in [0.3, 0.4) is 0 Å². The molecule has 1 unspecified atom stereocenters. The summed E-state index contributed by atoms with van der Waals surface area (Å²) in [6, 6.07) is 10.3. The van der Waals surface area contributed by atoms with Crippen molar-refractivity contribution in [1.29, 1.82) is 0 Å². The lowest BCUT2D eigenvalue weighted by Gasteiger charge is -2.23. The van der Waals surface area contributed by atoms with Crippen LogP contribution >= 0.6 is 0 Å². The fourth-order valence-electron chi connectivity index (χ4n) is 3.50. The number of esters is 1. The fraction of sp³-hybridized carbons (Fsp3) is 0.333. The molecule has 33 heavy (non-hydrogen) atoms. The quantitative estimate of drug-likeness (QED) is 0.576. The van der Waals surface area contributed by atoms with Crippen LogP contribution in [0, 0.1) is 0 Å². The molecule has 12 heteroatoms. The van der Waals surface area contributed by atoms with Crippen molar-refractivity contribution in [3.05, 3.63) is 54.1 Å². The zero-order chi connectivity index (χ0) is 24.4. The van der Waals surface area contributed by atoms with E-state index < -0.39 is 38.0 Å². The van der Waals surface area contributed by atoms with E-state index >= 15 is 0 Å². The molecule has 0 aromatic heterocycles. The van der Waals surface area contributed by atoms with Crippen molar-refractivity contribution in [2.45, 2.75) is 28.7 Å². The van der Waals surface area contributed by atoms with E-state index in [1.807, 2.05) is 0 Å². The highest BCUT2D eigenvalue weighted by Gasteiger charge is 2.41. The molecule has 0 bridgehead atoms. The number of hydrogen-bond acceptors (Lipinski definition) is 7. The van der Waals surface area contributed by atoms with Crippen molar-refractivity contribution >= 4 is 37.6 Å². The number of hydrogen-bond donors (Lipinski definition) is 1. The second-order valence-corrected chi connectivity index (χ2v) is 11.6. The maximum absolute atomic E-state index is 13.3. The van der Waals surface area contributed by atoms with Gasteiger partial charge in [0.05, 0.1) is 17.7 Å². The second-order valence-electron chi connectivity index (χ2n) is 7.56. The number of benzene rings is 2. The van der Waals surface area contributed by atoms with Crippen LogP contribution in [-0.2, 0) is 29.6 Å². The number of nitrogens with one attached hydrogen (secondary N) is 1. The average Bonchev–Trinajstić information content (AvgIpc) is 3.30. The summed E-state index contributed by atoms with van der Waals surface area (Å²) >= 11 is 0. The summed E-state index contributed by atoms with van der Waals surface area (Å²) in [4.78, 5) is 24.7. The van der Waals surface area contributed by atoms with Crippen molar-refractivity contribution in [3.8, 4) is 0 Å². The van der Waals surface area contributed by atoms with Crippen LogP contribution < -0.4 is 5.32 Å². The third-order valence-corrected chi connectivity index (χ3v) is 9.09. The molecule has 178 valence electrons. The maximum atomic E-state index is 13.3. The van der Waals surface area contributed by atoms with E-state index in [2.05, 4.69) is 5.32 Å². The standard InChI is InChI=1S/C21H25N3O7S2/c1-23(2)32(27,28)16-12-10-15(11-13-16)20(25)22-17-7-4-5-9-19(17)33(29,30)24-14-6-8-18(24)21(26)31-3/h4-5,7,9-13,18H,6,8,14H2,1-3H3,(H,22,25). The smallest absolute Gasteiger partial charge is 0.324 e. The van der Waals surface area contributed by atoms with Crippen LogP contribution in [0.1, 0.15) is 23.2 Å². The first-order chi connectivity index (χ1) is 15.5. The van der Waals surface area contributed by atoms with Gasteiger partial charge in [0.1, 0.15) is 10.9 Å². The summed E-state index contributed by atoms with van der Waals surface area (Å²) in [6.45, 7) is 0.159. The van der Waals surface area contributed by atoms with Crippen LogP contribution in [0.5, 0.6) is 0 Å². The third kappa shape index (κ3) is 4.93. The number of ether oxygens (including phenoxy) is 1. The Hall–Kier alpha value is -2.80. The van der Waals surface area contributed by atoms with Crippen LogP contribution in [-0.4, -0.2) is 71.1 Å². The Balaban J connectivity index is 1.88. The van der Waals surface area contributed by atoms with Crippen molar-refractivity contribution in [2.24, 2.45) is 0 Å². The molecule has 3 rings (SSSR count). The first-order valence-corrected chi connectivity index (χ1v) is 12.9. The predicted molar refractivity (Wildman–Crippen MR) is 121 cm³/mol. The molecule has 0 aliphatic carbocycles. The van der Waals surface area contributed by atoms with Crippen molar-refractivity contribution in [1.82, 2.24) is 8.61 Å². The maximum Gasteiger partial charge on any atom is 0.324 e. The Morgan fingerprint density at radius 2 is 1.67 bits per heavy atom. The largest absolute Gasteiger partial charge is 0.468 e. The number of carbonyl (C=O) groups excluding carboxylic acids is 2. The molecule has 1 atom stereocenters. The van der Waals surface area contributed by atoms with Gasteiger partial charge in [-0.25, -0.2) is 21.1 Å². The highest BCUT2D eigenvalue weighted by atomic mass is 32.2. The third-order valence-electron chi connectivity index (χ3n) is 5.29. The van der Waals surface area contributed by atoms with Gasteiger partial charge in [-0.3, -0.25) is 9.59 Å². The zero-order valence-corrected chi connectivity index (χ0v) is 20.0. The topological polar surface area (TPSA) is 130 Å². The number of carbonyl (C=O) groups is 2. The number of para-hydroxylation sites is 1. The predicted octanol–water partition coefficient (Wildman–Crippen LogP) is 1.52. The molecule has 2 aromatic rings. The van der Waals surface area contributed by atoms with Crippen LogP contribution in [0.2, 0.25) is 0 Å². The van der Waals surface area contributed by atoms with Gasteiger partial charge in [-0.2, -0.15) is 4.31 Å². The monoisotopic (exact) mass is 495 g/mol. The van der Waals surface area contributed by atoms with Gasteiger partial charge in [-0.1, -0.05) is 12.1 Å². The molecule has 1 aliphatic heterocycles. The van der Waals surface area contributed by atoms with Gasteiger partial charge in [-0.15, -0.1) is 0 Å². The highest BCUT2D eigenvalue weighted by molar-refractivity contribution is 7.89. The molecule has 1 heterocycles. The van der Waals surface area contributed by atoms with Crippen LogP contribution in [0.4, 0.5) is 5.69 Å². The molecule has 1 aliphatic rings. The number of rotatable bonds is 7. The lowest BCUT2D eigenvalue weighted by atomic mass is 10.2. The zero-order valence-electron chi connectivity index (χ0n) is 18.4. The number of amides is 1. The fourth-order valence-corrected chi connectivity index (χ4v) is 6.20. The van der Waals surface area contributed by atoms with Gasteiger partial charge in [0.2, 0.25) is 20.0 Å². The normalized spacial score (nSPS) is 17.2. The van der Waals surface area contributed by atoms with Crippen molar-refractivity contribution in [3.63, 3.8) is 0 Å². The SMILES string of the molecule is COC(=O)C1CCCN1S(=O)(=O)c1ccccc1NC(=O)c1ccc(S(=O)(=O)N(C)C)cc1. The van der Waals surface area contributed by atoms with Gasteiger partial charge >= 0.3 is 5.97 Å². The lowest BCUT2D eigenvalue weighted by Crippen LogP contribution is -2.41. The molecule has 0 saturated carbocycles. The number of methoxy groups -OCH3 is 1. The molecule has 0 spiro atoms. The molecule has 1 N–H and O–H groups in total. The van der Waals surface area contributed by atoms with Crippen molar-refractivity contribution in [2.75, 3.05) is 33.1 Å². The Bertz CT molecular complexity index is 1260. The summed E-state index contributed by atoms with van der Waals surface area (Å²) in [5.41, 5.74) is 0.191. The van der Waals surface area contributed by atoms with E-state index in [1.54, 1.807) is 6.07 Å². The minimum Gasteiger partial charge on any atom is -0.468 e. The first kappa shape index (κ1) is 24.8. The average molecular weight is 496 g/mol. The van der Waals surface area contributed by atoms with E-state index in [-0.39, 0.29) is 27.6 Å². The number of anilines is 1. The first-order valence-electron chi connectivity index (χ1n) is 10.0. The minimum absolute atomic E-state index is 0.0231. The molecule has 0 radical (unpaired) electrons. The Kier molecular flexibility index (Phi) is 7.22. The summed E-state index contributed by atoms with van der Waals surface area (Å²) in [5.74, 6) is -1.25. The van der Waals surface area contributed by atoms with Gasteiger partial charge in [-0.05, 0) is 49.2 Å². The highest BCUT2D eigenvalue weighted by Crippen LogP contribution is 2.31. The molecule has 1 fully saturated rings. The molecule has 2 aromatic carbocycles. The van der Waals surface area contributed by atoms with E-state index in [0.29, 0.717) is 12.8 Å². The van der Waals surface area contributed by atoms with E-state index in [0.717, 1.165) is 8.61 Å². The van der Waals surface area contributed by atoms with Gasteiger partial charge in [0.15, 0.2) is 0 Å². The minimum atomic E-state index is -4.10. The van der Waals surface area contributed by atoms with Crippen LogP contribution in [0.15, 0.2) is 58.3 Å². The van der Waals surface area contributed by atoms with E-state index in [1.165, 1.54) is 63.7 Å². The Morgan fingerprint density at radius 1 is 1.03 bits per heavy atom. The molecule has 10 nitrogen and oxygen atoms in total. The number of sulfonamides is 2. The number of nitrogens with zero attached hydrogens (tertiary/aromatic N) is 2. The molecular formula is C21H25N3O7S2. The molecule has 1 amide bonds. The van der Waals surface area contributed by atoms with Crippen molar-refractivity contribution < 1.29 is 31.2 Å². The summed E-state index contributed by atoms with van der Waals surface area (Å²) < 4.78 is 57.9. The van der Waals surface area contributed by atoms with Gasteiger partial charge < -0.3 is 10.1 Å². The Labute approximate surface area is 193 Å². The van der Waals surface area contributed by atoms with Crippen LogP contribution in [0.25, 0.3) is 0 Å². The van der Waals surface area contributed by atoms with Gasteiger partial charge in [0, 0.05) is 26.2 Å². The lowest BCUT2D eigenvalue weighted by molar-refractivity contribution is -0.144.